The van der Waals surface area contributed by atoms with Crippen LogP contribution in [0, 0.1) is 0 Å². The molecular weight excluding hydrogens is 376 g/mol. The molecule has 0 unspecified atom stereocenters. The van der Waals surface area contributed by atoms with Gasteiger partial charge in [-0.2, -0.15) is 4.31 Å². The molecule has 0 saturated carbocycles. The highest BCUT2D eigenvalue weighted by atomic mass is 35.5. The maximum atomic E-state index is 12.7. The van der Waals surface area contributed by atoms with Crippen molar-refractivity contribution in [1.29, 1.82) is 0 Å². The number of benzene rings is 2. The topological polar surface area (TPSA) is 86.7 Å². The minimum atomic E-state index is -3.63. The van der Waals surface area contributed by atoms with Crippen LogP contribution in [0.3, 0.4) is 0 Å². The first-order valence-electron chi connectivity index (χ1n) is 8.22. The van der Waals surface area contributed by atoms with Crippen molar-refractivity contribution >= 4 is 33.2 Å². The Balaban J connectivity index is 1.88. The summed E-state index contributed by atoms with van der Waals surface area (Å²) < 4.78 is 26.8. The molecule has 1 aliphatic heterocycles. The van der Waals surface area contributed by atoms with E-state index in [0.29, 0.717) is 24.3 Å². The Labute approximate surface area is 157 Å². The van der Waals surface area contributed by atoms with Gasteiger partial charge in [0.2, 0.25) is 10.0 Å². The van der Waals surface area contributed by atoms with Crippen LogP contribution in [0.15, 0.2) is 47.4 Å². The van der Waals surface area contributed by atoms with Gasteiger partial charge in [0.1, 0.15) is 0 Å². The monoisotopic (exact) mass is 394 g/mol. The van der Waals surface area contributed by atoms with Crippen molar-refractivity contribution in [3.05, 3.63) is 58.6 Å². The third-order valence-corrected chi connectivity index (χ3v) is 6.48. The van der Waals surface area contributed by atoms with Crippen LogP contribution < -0.4 is 5.32 Å². The summed E-state index contributed by atoms with van der Waals surface area (Å²) >= 11 is 6.12. The van der Waals surface area contributed by atoms with Crippen LogP contribution in [-0.4, -0.2) is 36.8 Å². The molecular formula is C18H19ClN2O4S. The summed E-state index contributed by atoms with van der Waals surface area (Å²) in [7, 11) is -3.63. The molecule has 138 valence electrons. The van der Waals surface area contributed by atoms with Crippen molar-refractivity contribution < 1.29 is 18.3 Å². The van der Waals surface area contributed by atoms with E-state index in [2.05, 4.69) is 5.32 Å². The summed E-state index contributed by atoms with van der Waals surface area (Å²) in [6.07, 6.45) is 1.67. The molecule has 0 atom stereocenters. The summed E-state index contributed by atoms with van der Waals surface area (Å²) in [5.41, 5.74) is 1.23. The minimum Gasteiger partial charge on any atom is -0.392 e. The van der Waals surface area contributed by atoms with Crippen molar-refractivity contribution in [2.24, 2.45) is 0 Å². The van der Waals surface area contributed by atoms with Gasteiger partial charge in [0.25, 0.3) is 5.91 Å². The van der Waals surface area contributed by atoms with Crippen LogP contribution in [-0.2, 0) is 16.6 Å². The molecule has 1 aliphatic rings. The first-order chi connectivity index (χ1) is 12.4. The molecule has 0 radical (unpaired) electrons. The van der Waals surface area contributed by atoms with Crippen LogP contribution in [0.5, 0.6) is 0 Å². The number of halogens is 1. The average molecular weight is 395 g/mol. The molecule has 1 heterocycles. The lowest BCUT2D eigenvalue weighted by atomic mass is 10.2. The van der Waals surface area contributed by atoms with Gasteiger partial charge in [0, 0.05) is 18.8 Å². The number of carbonyl (C=O) groups is 1. The number of amides is 1. The third kappa shape index (κ3) is 3.91. The molecule has 0 bridgehead atoms. The summed E-state index contributed by atoms with van der Waals surface area (Å²) in [5.74, 6) is -0.511. The second kappa shape index (κ2) is 7.75. The Bertz CT molecular complexity index is 925. The fraction of sp³-hybridized carbons (Fsp3) is 0.278. The van der Waals surface area contributed by atoms with Crippen LogP contribution in [0.4, 0.5) is 5.69 Å². The highest BCUT2D eigenvalue weighted by Crippen LogP contribution is 2.26. The van der Waals surface area contributed by atoms with Crippen molar-refractivity contribution in [1.82, 2.24) is 4.31 Å². The van der Waals surface area contributed by atoms with Gasteiger partial charge < -0.3 is 10.4 Å². The van der Waals surface area contributed by atoms with E-state index in [1.165, 1.54) is 22.5 Å². The molecule has 1 saturated heterocycles. The number of sulfonamides is 1. The molecule has 1 fully saturated rings. The van der Waals surface area contributed by atoms with E-state index in [0.717, 1.165) is 12.8 Å². The smallest absolute Gasteiger partial charge is 0.257 e. The Morgan fingerprint density at radius 3 is 2.58 bits per heavy atom. The van der Waals surface area contributed by atoms with Crippen molar-refractivity contribution in [3.8, 4) is 0 Å². The Morgan fingerprint density at radius 2 is 1.88 bits per heavy atom. The standard InChI is InChI=1S/C18H19ClN2O4S/c19-17-7-6-15(26(24,25)21-8-1-2-9-21)11-16(17)18(23)20-14-5-3-4-13(10-14)12-22/h3-7,10-11,22H,1-2,8-9,12H2,(H,20,23). The molecule has 8 heteroatoms. The number of anilines is 1. The van der Waals surface area contributed by atoms with E-state index < -0.39 is 15.9 Å². The lowest BCUT2D eigenvalue weighted by Gasteiger charge is -2.16. The van der Waals surface area contributed by atoms with Gasteiger partial charge in [-0.05, 0) is 48.7 Å². The molecule has 3 rings (SSSR count). The zero-order chi connectivity index (χ0) is 18.7. The molecule has 26 heavy (non-hydrogen) atoms. The maximum absolute atomic E-state index is 12.7. The summed E-state index contributed by atoms with van der Waals surface area (Å²) in [4.78, 5) is 12.6. The van der Waals surface area contributed by atoms with E-state index >= 15 is 0 Å². The van der Waals surface area contributed by atoms with Crippen molar-refractivity contribution in [2.75, 3.05) is 18.4 Å². The highest BCUT2D eigenvalue weighted by molar-refractivity contribution is 7.89. The molecule has 2 aromatic carbocycles. The predicted octanol–water partition coefficient (Wildman–Crippen LogP) is 2.87. The molecule has 1 amide bonds. The second-order valence-electron chi connectivity index (χ2n) is 6.07. The lowest BCUT2D eigenvalue weighted by Crippen LogP contribution is -2.28. The van der Waals surface area contributed by atoms with Crippen LogP contribution in [0.1, 0.15) is 28.8 Å². The number of hydrogen-bond acceptors (Lipinski definition) is 4. The van der Waals surface area contributed by atoms with Crippen molar-refractivity contribution in [2.45, 2.75) is 24.3 Å². The lowest BCUT2D eigenvalue weighted by molar-refractivity contribution is 0.102. The van der Waals surface area contributed by atoms with E-state index in [1.807, 2.05) is 0 Å². The van der Waals surface area contributed by atoms with Gasteiger partial charge in [0.05, 0.1) is 22.1 Å². The van der Waals surface area contributed by atoms with Crippen LogP contribution in [0.25, 0.3) is 0 Å². The fourth-order valence-electron chi connectivity index (χ4n) is 2.86. The van der Waals surface area contributed by atoms with E-state index in [4.69, 9.17) is 11.6 Å². The molecule has 0 spiro atoms. The molecule has 0 aliphatic carbocycles. The number of nitrogens with one attached hydrogen (secondary N) is 1. The van der Waals surface area contributed by atoms with Crippen LogP contribution in [0.2, 0.25) is 5.02 Å². The SMILES string of the molecule is O=C(Nc1cccc(CO)c1)c1cc(S(=O)(=O)N2CCCC2)ccc1Cl. The van der Waals surface area contributed by atoms with Gasteiger partial charge in [-0.1, -0.05) is 23.7 Å². The Morgan fingerprint density at radius 1 is 1.15 bits per heavy atom. The van der Waals surface area contributed by atoms with E-state index in [9.17, 15) is 18.3 Å². The Kier molecular flexibility index (Phi) is 5.62. The first kappa shape index (κ1) is 18.8. The van der Waals surface area contributed by atoms with Gasteiger partial charge in [0.15, 0.2) is 0 Å². The predicted molar refractivity (Wildman–Crippen MR) is 99.8 cm³/mol. The number of carbonyl (C=O) groups excluding carboxylic acids is 1. The quantitative estimate of drug-likeness (QED) is 0.816. The zero-order valence-corrected chi connectivity index (χ0v) is 15.6. The highest BCUT2D eigenvalue weighted by Gasteiger charge is 2.28. The van der Waals surface area contributed by atoms with Gasteiger partial charge >= 0.3 is 0 Å². The number of rotatable bonds is 5. The summed E-state index contributed by atoms with van der Waals surface area (Å²) in [6.45, 7) is 0.828. The molecule has 0 aromatic heterocycles. The largest absolute Gasteiger partial charge is 0.392 e. The average Bonchev–Trinajstić information content (AvgIpc) is 3.17. The Hall–Kier alpha value is -1.93. The fourth-order valence-corrected chi connectivity index (χ4v) is 4.61. The zero-order valence-electron chi connectivity index (χ0n) is 14.0. The summed E-state index contributed by atoms with van der Waals surface area (Å²) in [5, 5.41) is 12.0. The third-order valence-electron chi connectivity index (χ3n) is 4.25. The molecule has 2 aromatic rings. The van der Waals surface area contributed by atoms with Gasteiger partial charge in [-0.15, -0.1) is 0 Å². The maximum Gasteiger partial charge on any atom is 0.257 e. The first-order valence-corrected chi connectivity index (χ1v) is 10.0. The number of aliphatic hydroxyl groups excluding tert-OH is 1. The van der Waals surface area contributed by atoms with E-state index in [1.54, 1.807) is 24.3 Å². The van der Waals surface area contributed by atoms with Gasteiger partial charge in [-0.25, -0.2) is 8.42 Å². The number of nitrogens with zero attached hydrogens (tertiary/aromatic N) is 1. The minimum absolute atomic E-state index is 0.0538. The second-order valence-corrected chi connectivity index (χ2v) is 8.41. The molecule has 2 N–H and O–H groups in total. The number of aliphatic hydroxyl groups is 1. The van der Waals surface area contributed by atoms with Gasteiger partial charge in [-0.3, -0.25) is 4.79 Å². The van der Waals surface area contributed by atoms with E-state index in [-0.39, 0.29) is 22.1 Å². The van der Waals surface area contributed by atoms with Crippen molar-refractivity contribution in [3.63, 3.8) is 0 Å². The normalized spacial score (nSPS) is 15.2. The van der Waals surface area contributed by atoms with Crippen LogP contribution >= 0.6 is 11.6 Å². The summed E-state index contributed by atoms with van der Waals surface area (Å²) in [6, 6.07) is 10.9. The number of hydrogen-bond donors (Lipinski definition) is 2. The molecule has 6 nitrogen and oxygen atoms in total.